The zero-order chi connectivity index (χ0) is 16.5. The first kappa shape index (κ1) is 17.4. The molecule has 0 spiro atoms. The molecule has 0 atom stereocenters. The Hall–Kier alpha value is -1.91. The molecule has 1 saturated carbocycles. The average molecular weight is 317 g/mol. The van der Waals surface area contributed by atoms with Crippen molar-refractivity contribution in [3.05, 3.63) is 30.1 Å². The predicted molar refractivity (Wildman–Crippen MR) is 89.6 cm³/mol. The van der Waals surface area contributed by atoms with E-state index in [0.717, 1.165) is 18.4 Å². The van der Waals surface area contributed by atoms with Crippen LogP contribution in [0.1, 0.15) is 57.4 Å². The number of hydrogen-bond donors (Lipinski definition) is 1. The fraction of sp³-hybridized carbons (Fsp3) is 0.611. The van der Waals surface area contributed by atoms with E-state index in [1.165, 1.54) is 25.7 Å². The average Bonchev–Trinajstić information content (AvgIpc) is 2.80. The summed E-state index contributed by atoms with van der Waals surface area (Å²) in [6.45, 7) is 2.49. The van der Waals surface area contributed by atoms with E-state index in [0.29, 0.717) is 25.6 Å². The quantitative estimate of drug-likeness (QED) is 0.821. The number of aromatic nitrogens is 1. The van der Waals surface area contributed by atoms with Gasteiger partial charge in [0.25, 0.3) is 0 Å². The number of nitrogens with one attached hydrogen (secondary N) is 1. The second kappa shape index (κ2) is 9.28. The van der Waals surface area contributed by atoms with E-state index in [1.54, 1.807) is 24.2 Å². The lowest BCUT2D eigenvalue weighted by Gasteiger charge is -2.22. The Labute approximate surface area is 138 Å². The molecule has 126 valence electrons. The summed E-state index contributed by atoms with van der Waals surface area (Å²) in [7, 11) is 0. The van der Waals surface area contributed by atoms with Gasteiger partial charge in [-0.1, -0.05) is 31.7 Å². The van der Waals surface area contributed by atoms with Gasteiger partial charge in [-0.2, -0.15) is 0 Å². The number of nitrogens with zero attached hydrogens (tertiary/aromatic N) is 2. The van der Waals surface area contributed by atoms with Gasteiger partial charge in [0.2, 0.25) is 11.8 Å². The Morgan fingerprint density at radius 2 is 2.00 bits per heavy atom. The highest BCUT2D eigenvalue weighted by Crippen LogP contribution is 2.17. The summed E-state index contributed by atoms with van der Waals surface area (Å²) < 4.78 is 0. The van der Waals surface area contributed by atoms with Crippen molar-refractivity contribution < 1.29 is 9.59 Å². The van der Waals surface area contributed by atoms with E-state index >= 15 is 0 Å². The van der Waals surface area contributed by atoms with Crippen LogP contribution in [-0.4, -0.2) is 34.3 Å². The van der Waals surface area contributed by atoms with E-state index in [1.807, 2.05) is 12.1 Å². The first-order valence-corrected chi connectivity index (χ1v) is 8.59. The maximum Gasteiger partial charge on any atom is 0.221 e. The van der Waals surface area contributed by atoms with Crippen LogP contribution in [0.15, 0.2) is 24.5 Å². The Morgan fingerprint density at radius 1 is 1.26 bits per heavy atom. The molecule has 5 nitrogen and oxygen atoms in total. The second-order valence-corrected chi connectivity index (χ2v) is 6.31. The minimum absolute atomic E-state index is 0.0175. The van der Waals surface area contributed by atoms with Crippen LogP contribution in [0.2, 0.25) is 0 Å². The van der Waals surface area contributed by atoms with Crippen LogP contribution in [-0.2, 0) is 16.1 Å². The molecule has 0 aliphatic heterocycles. The van der Waals surface area contributed by atoms with Crippen LogP contribution in [0, 0.1) is 0 Å². The topological polar surface area (TPSA) is 62.3 Å². The molecular formula is C18H27N3O2. The molecular weight excluding hydrogens is 290 g/mol. The lowest BCUT2D eigenvalue weighted by atomic mass is 10.1. The van der Waals surface area contributed by atoms with Crippen LogP contribution < -0.4 is 5.32 Å². The van der Waals surface area contributed by atoms with E-state index in [9.17, 15) is 9.59 Å². The monoisotopic (exact) mass is 317 g/mol. The summed E-state index contributed by atoms with van der Waals surface area (Å²) in [6, 6.07) is 4.11. The number of carbonyl (C=O) groups is 2. The molecule has 1 heterocycles. The normalized spacial score (nSPS) is 15.7. The molecule has 0 bridgehead atoms. The van der Waals surface area contributed by atoms with Gasteiger partial charge in [0.1, 0.15) is 0 Å². The van der Waals surface area contributed by atoms with Crippen molar-refractivity contribution in [2.75, 3.05) is 6.54 Å². The minimum atomic E-state index is -0.0175. The predicted octanol–water partition coefficient (Wildman–Crippen LogP) is 2.66. The third-order valence-electron chi connectivity index (χ3n) is 4.37. The van der Waals surface area contributed by atoms with E-state index in [4.69, 9.17) is 0 Å². The Balaban J connectivity index is 1.78. The van der Waals surface area contributed by atoms with Gasteiger partial charge in [0, 0.05) is 44.9 Å². The molecule has 2 rings (SSSR count). The van der Waals surface area contributed by atoms with E-state index in [2.05, 4.69) is 10.3 Å². The zero-order valence-corrected chi connectivity index (χ0v) is 14.0. The minimum Gasteiger partial charge on any atom is -0.353 e. The fourth-order valence-corrected chi connectivity index (χ4v) is 3.02. The van der Waals surface area contributed by atoms with Crippen LogP contribution in [0.4, 0.5) is 0 Å². The maximum absolute atomic E-state index is 12.1. The summed E-state index contributed by atoms with van der Waals surface area (Å²) in [4.78, 5) is 29.7. The highest BCUT2D eigenvalue weighted by Gasteiger charge is 2.16. The highest BCUT2D eigenvalue weighted by atomic mass is 16.2. The lowest BCUT2D eigenvalue weighted by molar-refractivity contribution is -0.130. The highest BCUT2D eigenvalue weighted by molar-refractivity contribution is 5.78. The Kier molecular flexibility index (Phi) is 7.04. The van der Waals surface area contributed by atoms with Crippen molar-refractivity contribution in [1.82, 2.24) is 15.2 Å². The second-order valence-electron chi connectivity index (χ2n) is 6.31. The molecule has 5 heteroatoms. The molecule has 2 amide bonds. The molecule has 1 aliphatic carbocycles. The lowest BCUT2D eigenvalue weighted by Crippen LogP contribution is -2.37. The number of rotatable bonds is 6. The van der Waals surface area contributed by atoms with Crippen molar-refractivity contribution in [3.63, 3.8) is 0 Å². The summed E-state index contributed by atoms with van der Waals surface area (Å²) in [5.41, 5.74) is 0.979. The molecule has 1 N–H and O–H groups in total. The molecule has 0 saturated heterocycles. The molecule has 1 aliphatic rings. The van der Waals surface area contributed by atoms with Gasteiger partial charge in [0.15, 0.2) is 0 Å². The standard InChI is InChI=1S/C18H27N3O2/c1-15(22)21(14-16-7-6-11-19-13-16)12-10-18(23)20-17-8-4-2-3-5-9-17/h6-7,11,13,17H,2-5,8-10,12,14H2,1H3,(H,20,23). The molecule has 23 heavy (non-hydrogen) atoms. The van der Waals surface area contributed by atoms with E-state index in [-0.39, 0.29) is 11.8 Å². The van der Waals surface area contributed by atoms with Gasteiger partial charge in [-0.3, -0.25) is 14.6 Å². The smallest absolute Gasteiger partial charge is 0.221 e. The van der Waals surface area contributed by atoms with Gasteiger partial charge in [0.05, 0.1) is 0 Å². The molecule has 1 aromatic heterocycles. The number of hydrogen-bond acceptors (Lipinski definition) is 3. The molecule has 0 unspecified atom stereocenters. The molecule has 1 fully saturated rings. The SMILES string of the molecule is CC(=O)N(CCC(=O)NC1CCCCCC1)Cc1cccnc1. The molecule has 0 aromatic carbocycles. The van der Waals surface area contributed by atoms with E-state index < -0.39 is 0 Å². The van der Waals surface area contributed by atoms with Gasteiger partial charge in [-0.05, 0) is 24.5 Å². The van der Waals surface area contributed by atoms with Gasteiger partial charge >= 0.3 is 0 Å². The third-order valence-corrected chi connectivity index (χ3v) is 4.37. The fourth-order valence-electron chi connectivity index (χ4n) is 3.02. The van der Waals surface area contributed by atoms with Crippen LogP contribution in [0.25, 0.3) is 0 Å². The summed E-state index contributed by atoms with van der Waals surface area (Å²) >= 11 is 0. The third kappa shape index (κ3) is 6.38. The number of carbonyl (C=O) groups excluding carboxylic acids is 2. The Bertz CT molecular complexity index is 496. The Morgan fingerprint density at radius 3 is 2.61 bits per heavy atom. The van der Waals surface area contributed by atoms with Crippen LogP contribution in [0.5, 0.6) is 0 Å². The van der Waals surface area contributed by atoms with Gasteiger partial charge in [-0.15, -0.1) is 0 Å². The first-order chi connectivity index (χ1) is 11.1. The molecule has 1 aromatic rings. The van der Waals surface area contributed by atoms with Crippen molar-refractivity contribution in [3.8, 4) is 0 Å². The van der Waals surface area contributed by atoms with Gasteiger partial charge < -0.3 is 10.2 Å². The maximum atomic E-state index is 12.1. The van der Waals surface area contributed by atoms with Crippen molar-refractivity contribution in [2.24, 2.45) is 0 Å². The summed E-state index contributed by atoms with van der Waals surface area (Å²) in [5, 5.41) is 3.13. The first-order valence-electron chi connectivity index (χ1n) is 8.59. The van der Waals surface area contributed by atoms with Crippen molar-refractivity contribution in [2.45, 2.75) is 64.5 Å². The number of amides is 2. The van der Waals surface area contributed by atoms with Crippen molar-refractivity contribution >= 4 is 11.8 Å². The largest absolute Gasteiger partial charge is 0.353 e. The zero-order valence-electron chi connectivity index (χ0n) is 14.0. The summed E-state index contributed by atoms with van der Waals surface area (Å²) in [5.74, 6) is 0.0328. The summed E-state index contributed by atoms with van der Waals surface area (Å²) in [6.07, 6.45) is 10.9. The number of pyridine rings is 1. The van der Waals surface area contributed by atoms with Gasteiger partial charge in [-0.25, -0.2) is 0 Å². The molecule has 0 radical (unpaired) electrons. The van der Waals surface area contributed by atoms with Crippen molar-refractivity contribution in [1.29, 1.82) is 0 Å². The van der Waals surface area contributed by atoms with Crippen LogP contribution in [0.3, 0.4) is 0 Å². The van der Waals surface area contributed by atoms with Crippen LogP contribution >= 0.6 is 0 Å².